The molecule has 1 heterocycles. The fraction of sp³-hybridized carbons (Fsp3) is 0.750. The molecule has 1 rings (SSSR count). The van der Waals surface area contributed by atoms with E-state index < -0.39 is 18.5 Å². The van der Waals surface area contributed by atoms with Gasteiger partial charge in [0.25, 0.3) is 0 Å². The summed E-state index contributed by atoms with van der Waals surface area (Å²) in [6.45, 7) is 5.22. The predicted octanol–water partition coefficient (Wildman–Crippen LogP) is -0.752. The van der Waals surface area contributed by atoms with Crippen molar-refractivity contribution in [2.75, 3.05) is 0 Å². The van der Waals surface area contributed by atoms with E-state index in [1.54, 1.807) is 6.92 Å². The van der Waals surface area contributed by atoms with Crippen molar-refractivity contribution in [2.24, 2.45) is 5.92 Å². The van der Waals surface area contributed by atoms with Crippen LogP contribution in [0.2, 0.25) is 0 Å². The highest BCUT2D eigenvalue weighted by Gasteiger charge is 2.40. The first-order chi connectivity index (χ1) is 5.57. The van der Waals surface area contributed by atoms with Crippen molar-refractivity contribution >= 4 is 0 Å². The monoisotopic (exact) mass is 174 g/mol. The molecule has 0 bridgehead atoms. The first-order valence-corrected chi connectivity index (χ1v) is 3.90. The average molecular weight is 174 g/mol. The Balaban J connectivity index is 2.71. The molecule has 5 atom stereocenters. The fourth-order valence-electron chi connectivity index (χ4n) is 1.40. The largest absolute Gasteiger partial charge is 0.390 e. The second kappa shape index (κ2) is 3.53. The zero-order valence-electron chi connectivity index (χ0n) is 6.92. The molecule has 0 spiro atoms. The zero-order chi connectivity index (χ0) is 9.30. The maximum Gasteiger partial charge on any atom is 0.183 e. The molecular weight excluding hydrogens is 160 g/mol. The van der Waals surface area contributed by atoms with Crippen LogP contribution in [0.15, 0.2) is 12.7 Å². The Morgan fingerprint density at radius 1 is 1.25 bits per heavy atom. The quantitative estimate of drug-likeness (QED) is 0.457. The minimum atomic E-state index is -1.30. The van der Waals surface area contributed by atoms with Crippen LogP contribution in [0.25, 0.3) is 0 Å². The van der Waals surface area contributed by atoms with Crippen molar-refractivity contribution in [2.45, 2.75) is 31.5 Å². The molecule has 0 saturated carbocycles. The zero-order valence-corrected chi connectivity index (χ0v) is 6.92. The Kier molecular flexibility index (Phi) is 2.85. The van der Waals surface area contributed by atoms with Gasteiger partial charge in [-0.3, -0.25) is 0 Å². The first-order valence-electron chi connectivity index (χ1n) is 3.90. The third kappa shape index (κ3) is 1.51. The van der Waals surface area contributed by atoms with Gasteiger partial charge in [-0.05, 0) is 6.92 Å². The second-order valence-corrected chi connectivity index (χ2v) is 3.03. The molecule has 0 aromatic heterocycles. The smallest absolute Gasteiger partial charge is 0.183 e. The van der Waals surface area contributed by atoms with E-state index in [9.17, 15) is 10.2 Å². The minimum Gasteiger partial charge on any atom is -0.390 e. The van der Waals surface area contributed by atoms with Crippen molar-refractivity contribution in [1.82, 2.24) is 0 Å². The van der Waals surface area contributed by atoms with Crippen molar-refractivity contribution in [1.29, 1.82) is 0 Å². The molecule has 1 aliphatic rings. The van der Waals surface area contributed by atoms with E-state index in [4.69, 9.17) is 9.84 Å². The summed E-state index contributed by atoms with van der Waals surface area (Å²) in [5, 5.41) is 27.7. The van der Waals surface area contributed by atoms with Gasteiger partial charge in [0.1, 0.15) is 6.10 Å². The minimum absolute atomic E-state index is 0.323. The Labute approximate surface area is 71.1 Å². The summed E-state index contributed by atoms with van der Waals surface area (Å²) < 4.78 is 4.95. The van der Waals surface area contributed by atoms with Gasteiger partial charge in [0, 0.05) is 5.92 Å². The highest BCUT2D eigenvalue weighted by Crippen LogP contribution is 2.25. The molecule has 5 unspecified atom stereocenters. The van der Waals surface area contributed by atoms with E-state index in [-0.39, 0.29) is 12.0 Å². The van der Waals surface area contributed by atoms with Crippen LogP contribution in [0, 0.1) is 5.92 Å². The van der Waals surface area contributed by atoms with Crippen molar-refractivity contribution in [3.8, 4) is 0 Å². The maximum atomic E-state index is 9.42. The average Bonchev–Trinajstić information content (AvgIpc) is 2.01. The number of aliphatic hydroxyl groups excluding tert-OH is 3. The lowest BCUT2D eigenvalue weighted by molar-refractivity contribution is -0.257. The van der Waals surface area contributed by atoms with Gasteiger partial charge in [0.05, 0.1) is 12.2 Å². The summed E-state index contributed by atoms with van der Waals surface area (Å²) in [5.74, 6) is -0.330. The number of hydrogen-bond donors (Lipinski definition) is 3. The molecule has 4 nitrogen and oxygen atoms in total. The molecule has 1 aliphatic heterocycles. The third-order valence-corrected chi connectivity index (χ3v) is 2.20. The van der Waals surface area contributed by atoms with E-state index in [0.717, 1.165) is 0 Å². The summed E-state index contributed by atoms with van der Waals surface area (Å²) in [6, 6.07) is 0. The highest BCUT2D eigenvalue weighted by molar-refractivity contribution is 4.95. The van der Waals surface area contributed by atoms with E-state index in [1.165, 1.54) is 6.08 Å². The van der Waals surface area contributed by atoms with Gasteiger partial charge in [0.2, 0.25) is 0 Å². The molecular formula is C8H14O4. The van der Waals surface area contributed by atoms with Gasteiger partial charge in [-0.1, -0.05) is 6.08 Å². The van der Waals surface area contributed by atoms with Crippen LogP contribution in [-0.2, 0) is 4.74 Å². The lowest BCUT2D eigenvalue weighted by Crippen LogP contribution is -2.52. The van der Waals surface area contributed by atoms with E-state index in [0.29, 0.717) is 0 Å². The van der Waals surface area contributed by atoms with E-state index >= 15 is 0 Å². The molecule has 3 N–H and O–H groups in total. The highest BCUT2D eigenvalue weighted by atomic mass is 16.6. The maximum absolute atomic E-state index is 9.42. The van der Waals surface area contributed by atoms with Gasteiger partial charge < -0.3 is 20.1 Å². The Hall–Kier alpha value is -0.420. The van der Waals surface area contributed by atoms with Gasteiger partial charge in [-0.15, -0.1) is 6.58 Å². The van der Waals surface area contributed by atoms with Gasteiger partial charge in [0.15, 0.2) is 6.29 Å². The molecule has 0 aliphatic carbocycles. The third-order valence-electron chi connectivity index (χ3n) is 2.20. The Morgan fingerprint density at radius 2 is 1.83 bits per heavy atom. The van der Waals surface area contributed by atoms with Gasteiger partial charge >= 0.3 is 0 Å². The topological polar surface area (TPSA) is 69.9 Å². The van der Waals surface area contributed by atoms with Crippen LogP contribution in [-0.4, -0.2) is 39.9 Å². The van der Waals surface area contributed by atoms with Gasteiger partial charge in [-0.25, -0.2) is 0 Å². The molecule has 4 heteroatoms. The molecule has 0 aromatic rings. The lowest BCUT2D eigenvalue weighted by Gasteiger charge is -2.38. The first kappa shape index (κ1) is 9.67. The van der Waals surface area contributed by atoms with Crippen molar-refractivity contribution in [3.05, 3.63) is 12.7 Å². The summed E-state index contributed by atoms with van der Waals surface area (Å²) in [5.41, 5.74) is 0. The summed E-state index contributed by atoms with van der Waals surface area (Å²) in [4.78, 5) is 0. The SMILES string of the molecule is C=CC1C(C)OC(O)C(O)C1O. The molecule has 0 radical (unpaired) electrons. The molecule has 1 saturated heterocycles. The van der Waals surface area contributed by atoms with Crippen LogP contribution in [0.5, 0.6) is 0 Å². The summed E-state index contributed by atoms with van der Waals surface area (Å²) >= 11 is 0. The Bertz CT molecular complexity index is 170. The summed E-state index contributed by atoms with van der Waals surface area (Å²) in [6.07, 6.45) is -2.35. The van der Waals surface area contributed by atoms with Crippen LogP contribution in [0.3, 0.4) is 0 Å². The van der Waals surface area contributed by atoms with Crippen molar-refractivity contribution < 1.29 is 20.1 Å². The van der Waals surface area contributed by atoms with Crippen LogP contribution < -0.4 is 0 Å². The van der Waals surface area contributed by atoms with Crippen molar-refractivity contribution in [3.63, 3.8) is 0 Å². The molecule has 12 heavy (non-hydrogen) atoms. The van der Waals surface area contributed by atoms with E-state index in [1.807, 2.05) is 0 Å². The molecule has 0 aromatic carbocycles. The van der Waals surface area contributed by atoms with Crippen LogP contribution in [0.1, 0.15) is 6.92 Å². The molecule has 0 amide bonds. The van der Waals surface area contributed by atoms with E-state index in [2.05, 4.69) is 6.58 Å². The number of rotatable bonds is 1. The normalized spacial score (nSPS) is 48.8. The number of aliphatic hydroxyl groups is 3. The summed E-state index contributed by atoms with van der Waals surface area (Å²) in [7, 11) is 0. The van der Waals surface area contributed by atoms with Crippen LogP contribution in [0.4, 0.5) is 0 Å². The molecule has 70 valence electrons. The standard InChI is InChI=1S/C8H14O4/c1-3-5-4(2)12-8(11)7(10)6(5)9/h3-11H,1H2,2H3. The number of ether oxygens (including phenoxy) is 1. The van der Waals surface area contributed by atoms with Crippen LogP contribution >= 0.6 is 0 Å². The Morgan fingerprint density at radius 3 is 2.33 bits per heavy atom. The molecule has 1 fully saturated rings. The fourth-order valence-corrected chi connectivity index (χ4v) is 1.40. The second-order valence-electron chi connectivity index (χ2n) is 3.03. The predicted molar refractivity (Wildman–Crippen MR) is 42.3 cm³/mol. The van der Waals surface area contributed by atoms with Gasteiger partial charge in [-0.2, -0.15) is 0 Å². The number of hydrogen-bond acceptors (Lipinski definition) is 4. The lowest BCUT2D eigenvalue weighted by atomic mass is 9.90.